The number of nitrogens with zero attached hydrogens (tertiary/aromatic N) is 3. The van der Waals surface area contributed by atoms with Crippen molar-refractivity contribution in [3.05, 3.63) is 94.1 Å². The van der Waals surface area contributed by atoms with Gasteiger partial charge in [0.25, 0.3) is 7.41 Å². The quantitative estimate of drug-likeness (QED) is 0.320. The van der Waals surface area contributed by atoms with Crippen LogP contribution in [0.25, 0.3) is 0 Å². The van der Waals surface area contributed by atoms with Gasteiger partial charge in [-0.2, -0.15) is 13.2 Å². The van der Waals surface area contributed by atoms with E-state index in [1.54, 1.807) is 24.3 Å². The van der Waals surface area contributed by atoms with Crippen LogP contribution < -0.4 is 0 Å². The predicted molar refractivity (Wildman–Crippen MR) is 134 cm³/mol. The van der Waals surface area contributed by atoms with E-state index >= 15 is 0 Å². The number of carbonyl (C=O) groups is 2. The van der Waals surface area contributed by atoms with Crippen molar-refractivity contribution in [2.45, 2.75) is 38.0 Å². The van der Waals surface area contributed by atoms with Gasteiger partial charge >= 0.3 is 12.1 Å². The van der Waals surface area contributed by atoms with Gasteiger partial charge in [0.05, 0.1) is 36.6 Å². The molecule has 2 heterocycles. The molecule has 11 heteroatoms. The van der Waals surface area contributed by atoms with Gasteiger partial charge in [0, 0.05) is 25.7 Å². The number of halogens is 3. The molecule has 1 aliphatic heterocycles. The number of hydrogen-bond acceptors (Lipinski definition) is 6. The Morgan fingerprint density at radius 1 is 1.13 bits per heavy atom. The van der Waals surface area contributed by atoms with Crippen LogP contribution in [0, 0.1) is 0 Å². The van der Waals surface area contributed by atoms with E-state index in [1.807, 2.05) is 29.1 Å². The Bertz CT molecular complexity index is 1270. The summed E-state index contributed by atoms with van der Waals surface area (Å²) < 4.78 is 46.9. The zero-order valence-corrected chi connectivity index (χ0v) is 20.5. The summed E-state index contributed by atoms with van der Waals surface area (Å²) in [6.45, 7) is 1.70. The van der Waals surface area contributed by atoms with Gasteiger partial charge in [0.15, 0.2) is 0 Å². The zero-order chi connectivity index (χ0) is 27.1. The van der Waals surface area contributed by atoms with Crippen molar-refractivity contribution in [2.24, 2.45) is 0 Å². The van der Waals surface area contributed by atoms with Gasteiger partial charge < -0.3 is 19.4 Å². The molecular formula is C27H26BF3N3O4. The first-order valence-corrected chi connectivity index (χ1v) is 12.2. The van der Waals surface area contributed by atoms with Crippen molar-refractivity contribution in [3.63, 3.8) is 0 Å². The molecule has 1 atom stereocenters. The lowest BCUT2D eigenvalue weighted by Crippen LogP contribution is -2.41. The van der Waals surface area contributed by atoms with Crippen LogP contribution in [0.2, 0.25) is 0 Å². The molecule has 1 saturated heterocycles. The molecule has 2 aromatic carbocycles. The standard InChI is InChI=1S/C27H26BF3N3O4/c29-27(30,31)22-15-32-25(33-23(22)10-9-19-3-1-2-4-21(19)14-26(36)37)13-18-5-7-20(8-6-18)24-16-34(28-17-35)11-12-38-24/h1-8,15,17,24H,9-14,16H2,(H,36,37). The molecule has 3 aromatic rings. The van der Waals surface area contributed by atoms with Crippen LogP contribution in [0.15, 0.2) is 54.7 Å². The molecule has 1 N–H and O–H groups in total. The van der Waals surface area contributed by atoms with Gasteiger partial charge in [0.2, 0.25) is 0 Å². The number of ether oxygens (including phenoxy) is 1. The smallest absolute Gasteiger partial charge is 0.419 e. The van der Waals surface area contributed by atoms with Crippen LogP contribution in [-0.2, 0) is 46.2 Å². The van der Waals surface area contributed by atoms with E-state index in [0.717, 1.165) is 23.5 Å². The molecule has 1 radical (unpaired) electrons. The third-order valence-corrected chi connectivity index (χ3v) is 6.40. The second-order valence-electron chi connectivity index (χ2n) is 9.04. The second-order valence-corrected chi connectivity index (χ2v) is 9.04. The van der Waals surface area contributed by atoms with Crippen molar-refractivity contribution in [1.29, 1.82) is 0 Å². The highest BCUT2D eigenvalue weighted by atomic mass is 19.4. The fourth-order valence-electron chi connectivity index (χ4n) is 4.49. The Balaban J connectivity index is 1.49. The van der Waals surface area contributed by atoms with E-state index in [0.29, 0.717) is 30.8 Å². The van der Waals surface area contributed by atoms with E-state index in [4.69, 9.17) is 9.84 Å². The third-order valence-electron chi connectivity index (χ3n) is 6.40. The minimum atomic E-state index is -4.61. The van der Waals surface area contributed by atoms with Crippen molar-refractivity contribution < 1.29 is 32.6 Å². The maximum Gasteiger partial charge on any atom is 0.419 e. The summed E-state index contributed by atoms with van der Waals surface area (Å²) in [5.74, 6) is -0.740. The third kappa shape index (κ3) is 7.26. The van der Waals surface area contributed by atoms with Crippen molar-refractivity contribution in [2.75, 3.05) is 19.7 Å². The first-order valence-electron chi connectivity index (χ1n) is 12.2. The molecule has 1 aliphatic rings. The molecule has 0 spiro atoms. The van der Waals surface area contributed by atoms with Gasteiger partial charge in [0.1, 0.15) is 5.82 Å². The summed E-state index contributed by atoms with van der Waals surface area (Å²) in [6.07, 6.45) is -2.96. The van der Waals surface area contributed by atoms with E-state index in [1.165, 1.54) is 7.41 Å². The Morgan fingerprint density at radius 2 is 1.87 bits per heavy atom. The van der Waals surface area contributed by atoms with Crippen LogP contribution in [0.1, 0.15) is 45.4 Å². The molecule has 38 heavy (non-hydrogen) atoms. The zero-order valence-electron chi connectivity index (χ0n) is 20.5. The highest BCUT2D eigenvalue weighted by Crippen LogP contribution is 2.32. The number of aromatic nitrogens is 2. The largest absolute Gasteiger partial charge is 0.481 e. The molecule has 7 nitrogen and oxygen atoms in total. The van der Waals surface area contributed by atoms with E-state index in [9.17, 15) is 22.8 Å². The second kappa shape index (κ2) is 12.3. The Labute approximate surface area is 218 Å². The fourth-order valence-corrected chi connectivity index (χ4v) is 4.49. The minimum Gasteiger partial charge on any atom is -0.481 e. The number of hydrogen-bond donors (Lipinski definition) is 1. The summed E-state index contributed by atoms with van der Waals surface area (Å²) in [5, 5.41) is 9.14. The highest BCUT2D eigenvalue weighted by Gasteiger charge is 2.35. The number of morpholine rings is 1. The highest BCUT2D eigenvalue weighted by molar-refractivity contribution is 6.64. The maximum absolute atomic E-state index is 13.7. The van der Waals surface area contributed by atoms with Gasteiger partial charge in [-0.15, -0.1) is 0 Å². The number of alkyl halides is 3. The molecule has 0 bridgehead atoms. The van der Waals surface area contributed by atoms with Crippen LogP contribution >= 0.6 is 0 Å². The SMILES string of the molecule is O=C[B]N1CCOC(c2ccc(Cc3ncc(C(F)(F)F)c(CCc4ccccc4CC(=O)O)n3)cc2)C1. The maximum atomic E-state index is 13.7. The summed E-state index contributed by atoms with van der Waals surface area (Å²) in [7, 11) is 1.49. The first kappa shape index (κ1) is 27.5. The van der Waals surface area contributed by atoms with Gasteiger partial charge in [-0.05, 0) is 35.1 Å². The number of benzene rings is 2. The van der Waals surface area contributed by atoms with Crippen molar-refractivity contribution in [3.8, 4) is 0 Å². The average Bonchev–Trinajstić information content (AvgIpc) is 2.88. The van der Waals surface area contributed by atoms with E-state index in [2.05, 4.69) is 9.97 Å². The Kier molecular flexibility index (Phi) is 8.91. The number of carboxylic acids is 1. The summed E-state index contributed by atoms with van der Waals surface area (Å²) in [5.41, 5.74) is 2.00. The lowest BCUT2D eigenvalue weighted by atomic mass is 9.92. The Morgan fingerprint density at radius 3 is 2.55 bits per heavy atom. The molecule has 197 valence electrons. The summed E-state index contributed by atoms with van der Waals surface area (Å²) in [6, 6.07) is 14.4. The van der Waals surface area contributed by atoms with Gasteiger partial charge in [-0.1, -0.05) is 48.5 Å². The van der Waals surface area contributed by atoms with Gasteiger partial charge in [-0.25, -0.2) is 9.97 Å². The van der Waals surface area contributed by atoms with Crippen molar-refractivity contribution >= 4 is 19.6 Å². The Hall–Kier alpha value is -3.57. The van der Waals surface area contributed by atoms with Crippen LogP contribution in [0.5, 0.6) is 0 Å². The topological polar surface area (TPSA) is 92.6 Å². The van der Waals surface area contributed by atoms with Gasteiger partial charge in [-0.3, -0.25) is 4.79 Å². The average molecular weight is 524 g/mol. The van der Waals surface area contributed by atoms with E-state index in [-0.39, 0.29) is 43.3 Å². The number of carbonyl (C=O) groups excluding carboxylic acids is 1. The van der Waals surface area contributed by atoms with Crippen LogP contribution in [-0.4, -0.2) is 59.2 Å². The first-order chi connectivity index (χ1) is 18.2. The summed E-state index contributed by atoms with van der Waals surface area (Å²) in [4.78, 5) is 32.1. The number of rotatable bonds is 10. The van der Waals surface area contributed by atoms with Crippen LogP contribution in [0.3, 0.4) is 0 Å². The minimum absolute atomic E-state index is 0.00669. The molecule has 0 amide bonds. The number of aliphatic carboxylic acids is 1. The molecule has 0 aliphatic carbocycles. The molecule has 1 unspecified atom stereocenters. The normalized spacial score (nSPS) is 16.2. The molecule has 1 fully saturated rings. The molecule has 0 saturated carbocycles. The fraction of sp³-hybridized carbons (Fsp3) is 0.333. The molecule has 4 rings (SSSR count). The monoisotopic (exact) mass is 524 g/mol. The summed E-state index contributed by atoms with van der Waals surface area (Å²) >= 11 is 0. The predicted octanol–water partition coefficient (Wildman–Crippen LogP) is 3.68. The molecular weight excluding hydrogens is 498 g/mol. The number of carboxylic acid groups (broad SMARTS) is 1. The molecule has 1 aromatic heterocycles. The van der Waals surface area contributed by atoms with Crippen LogP contribution in [0.4, 0.5) is 13.2 Å². The van der Waals surface area contributed by atoms with Crippen molar-refractivity contribution in [1.82, 2.24) is 14.8 Å². The number of aryl methyl sites for hydroxylation is 2. The lowest BCUT2D eigenvalue weighted by Gasteiger charge is -2.32. The lowest BCUT2D eigenvalue weighted by molar-refractivity contribution is -0.139. The van der Waals surface area contributed by atoms with E-state index < -0.39 is 17.7 Å².